The number of carbonyl (C=O) groups is 1. The van der Waals surface area contributed by atoms with Gasteiger partial charge >= 0.3 is 0 Å². The van der Waals surface area contributed by atoms with E-state index >= 15 is 0 Å². The molecular formula is C11H12BrFO2. The lowest BCUT2D eigenvalue weighted by atomic mass is 10.00. The second kappa shape index (κ2) is 4.75. The van der Waals surface area contributed by atoms with Crippen molar-refractivity contribution in [1.29, 1.82) is 0 Å². The van der Waals surface area contributed by atoms with Crippen LogP contribution < -0.4 is 4.74 Å². The number of hydrogen-bond acceptors (Lipinski definition) is 2. The number of benzene rings is 1. The first-order valence-corrected chi connectivity index (χ1v) is 5.38. The summed E-state index contributed by atoms with van der Waals surface area (Å²) in [5.41, 5.74) is -1.64. The highest BCUT2D eigenvalue weighted by Crippen LogP contribution is 2.31. The van der Waals surface area contributed by atoms with E-state index in [1.165, 1.54) is 6.92 Å². The first kappa shape index (κ1) is 12.2. The molecular weight excluding hydrogens is 263 g/mol. The van der Waals surface area contributed by atoms with Crippen molar-refractivity contribution in [1.82, 2.24) is 0 Å². The highest BCUT2D eigenvalue weighted by atomic mass is 79.9. The molecule has 1 unspecified atom stereocenters. The van der Waals surface area contributed by atoms with E-state index in [1.54, 1.807) is 18.2 Å². The van der Waals surface area contributed by atoms with Crippen molar-refractivity contribution in [3.05, 3.63) is 28.2 Å². The Bertz CT molecular complexity index is 364. The summed E-state index contributed by atoms with van der Waals surface area (Å²) >= 11 is 3.26. The fourth-order valence-corrected chi connectivity index (χ4v) is 1.64. The molecule has 0 aliphatic heterocycles. The van der Waals surface area contributed by atoms with Gasteiger partial charge in [-0.15, -0.1) is 0 Å². The monoisotopic (exact) mass is 274 g/mol. The van der Waals surface area contributed by atoms with Crippen LogP contribution in [0, 0.1) is 0 Å². The summed E-state index contributed by atoms with van der Waals surface area (Å²) in [4.78, 5) is 10.5. The lowest BCUT2D eigenvalue weighted by molar-refractivity contribution is -0.117. The number of halogens is 2. The summed E-state index contributed by atoms with van der Waals surface area (Å²) in [5.74, 6) is 0.642. The lowest BCUT2D eigenvalue weighted by Crippen LogP contribution is -2.16. The van der Waals surface area contributed by atoms with Gasteiger partial charge in [-0.25, -0.2) is 4.39 Å². The molecule has 0 aliphatic rings. The maximum Gasteiger partial charge on any atom is 0.188 e. The molecule has 0 aromatic heterocycles. The van der Waals surface area contributed by atoms with Crippen molar-refractivity contribution in [3.8, 4) is 5.75 Å². The van der Waals surface area contributed by atoms with E-state index in [0.717, 1.165) is 0 Å². The van der Waals surface area contributed by atoms with Gasteiger partial charge in [-0.2, -0.15) is 0 Å². The lowest BCUT2D eigenvalue weighted by Gasteiger charge is -2.14. The van der Waals surface area contributed by atoms with Gasteiger partial charge in [-0.05, 0) is 47.5 Å². The average molecular weight is 275 g/mol. The smallest absolute Gasteiger partial charge is 0.188 e. The maximum atomic E-state index is 13.6. The second-order valence-corrected chi connectivity index (χ2v) is 4.13. The molecule has 1 aromatic rings. The van der Waals surface area contributed by atoms with Crippen molar-refractivity contribution in [2.24, 2.45) is 0 Å². The van der Waals surface area contributed by atoms with Crippen LogP contribution in [0.2, 0.25) is 0 Å². The predicted molar refractivity (Wildman–Crippen MR) is 59.8 cm³/mol. The molecule has 82 valence electrons. The quantitative estimate of drug-likeness (QED) is 0.788. The minimum Gasteiger partial charge on any atom is -0.493 e. The Kier molecular flexibility index (Phi) is 3.85. The van der Waals surface area contributed by atoms with Crippen LogP contribution in [0.4, 0.5) is 4.39 Å². The van der Waals surface area contributed by atoms with Crippen LogP contribution in [-0.2, 0) is 10.5 Å². The van der Waals surface area contributed by atoms with Crippen molar-refractivity contribution in [3.63, 3.8) is 0 Å². The molecule has 0 radical (unpaired) electrons. The zero-order chi connectivity index (χ0) is 11.5. The number of carbonyl (C=O) groups excluding carboxylic acids is 1. The molecule has 0 spiro atoms. The summed E-state index contributed by atoms with van der Waals surface area (Å²) in [6, 6.07) is 4.74. The maximum absolute atomic E-state index is 13.6. The van der Waals surface area contributed by atoms with E-state index in [9.17, 15) is 9.18 Å². The molecule has 1 atom stereocenters. The van der Waals surface area contributed by atoms with E-state index in [2.05, 4.69) is 15.9 Å². The number of hydrogen-bond donors (Lipinski definition) is 0. The van der Waals surface area contributed by atoms with Gasteiger partial charge in [0.2, 0.25) is 0 Å². The molecule has 0 aliphatic carbocycles. The molecule has 2 nitrogen and oxygen atoms in total. The van der Waals surface area contributed by atoms with E-state index < -0.39 is 5.67 Å². The minimum atomic E-state index is -1.95. The third kappa shape index (κ3) is 2.78. The molecule has 0 fully saturated rings. The van der Waals surface area contributed by atoms with Gasteiger partial charge in [-0.3, -0.25) is 4.79 Å². The normalized spacial score (nSPS) is 14.4. The zero-order valence-electron chi connectivity index (χ0n) is 8.59. The van der Waals surface area contributed by atoms with Gasteiger partial charge in [0.05, 0.1) is 11.1 Å². The number of alkyl halides is 1. The van der Waals surface area contributed by atoms with Gasteiger partial charge in [0.1, 0.15) is 5.75 Å². The fraction of sp³-hybridized carbons (Fsp3) is 0.364. The van der Waals surface area contributed by atoms with Gasteiger partial charge in [0, 0.05) is 0 Å². The van der Waals surface area contributed by atoms with Crippen molar-refractivity contribution in [2.45, 2.75) is 19.5 Å². The van der Waals surface area contributed by atoms with Crippen molar-refractivity contribution >= 4 is 22.2 Å². The van der Waals surface area contributed by atoms with Gasteiger partial charge < -0.3 is 4.74 Å². The Morgan fingerprint density at radius 3 is 2.73 bits per heavy atom. The molecule has 0 amide bonds. The highest BCUT2D eigenvalue weighted by Gasteiger charge is 2.25. The minimum absolute atomic E-state index is 0.287. The second-order valence-electron chi connectivity index (χ2n) is 3.27. The van der Waals surface area contributed by atoms with Gasteiger partial charge in [0.25, 0.3) is 0 Å². The SMILES string of the molecule is CCOc1ccc(C(C)(F)C=O)cc1Br. The Balaban J connectivity index is 3.06. The topological polar surface area (TPSA) is 26.3 Å². The van der Waals surface area contributed by atoms with Crippen molar-refractivity contribution < 1.29 is 13.9 Å². The number of aldehydes is 1. The summed E-state index contributed by atoms with van der Waals surface area (Å²) in [6.07, 6.45) is 0.287. The first-order chi connectivity index (χ1) is 7.01. The van der Waals surface area contributed by atoms with Crippen LogP contribution in [0.1, 0.15) is 19.4 Å². The largest absolute Gasteiger partial charge is 0.493 e. The van der Waals surface area contributed by atoms with E-state index in [0.29, 0.717) is 22.4 Å². The molecule has 0 saturated carbocycles. The molecule has 0 saturated heterocycles. The average Bonchev–Trinajstić information content (AvgIpc) is 2.21. The summed E-state index contributed by atoms with van der Waals surface area (Å²) in [5, 5.41) is 0. The van der Waals surface area contributed by atoms with Gasteiger partial charge in [-0.1, -0.05) is 6.07 Å². The zero-order valence-corrected chi connectivity index (χ0v) is 10.2. The molecule has 1 aromatic carbocycles. The Morgan fingerprint density at radius 2 is 2.27 bits per heavy atom. The Labute approximate surface area is 96.6 Å². The van der Waals surface area contributed by atoms with Crippen LogP contribution in [0.15, 0.2) is 22.7 Å². The van der Waals surface area contributed by atoms with E-state index in [4.69, 9.17) is 4.74 Å². The van der Waals surface area contributed by atoms with Crippen LogP contribution in [0.25, 0.3) is 0 Å². The summed E-state index contributed by atoms with van der Waals surface area (Å²) in [6.45, 7) is 3.63. The number of ether oxygens (including phenoxy) is 1. The fourth-order valence-electron chi connectivity index (χ4n) is 1.15. The van der Waals surface area contributed by atoms with Crippen molar-refractivity contribution in [2.75, 3.05) is 6.61 Å². The number of rotatable bonds is 4. The Morgan fingerprint density at radius 1 is 1.60 bits per heavy atom. The summed E-state index contributed by atoms with van der Waals surface area (Å²) in [7, 11) is 0. The third-order valence-corrected chi connectivity index (χ3v) is 2.64. The molecule has 0 N–H and O–H groups in total. The molecule has 0 heterocycles. The molecule has 0 bridgehead atoms. The van der Waals surface area contributed by atoms with Crippen LogP contribution in [-0.4, -0.2) is 12.9 Å². The standard InChI is InChI=1S/C11H12BrFO2/c1-3-15-10-5-4-8(6-9(10)12)11(2,13)7-14/h4-7H,3H2,1-2H3. The van der Waals surface area contributed by atoms with Gasteiger partial charge in [0.15, 0.2) is 12.0 Å². The first-order valence-electron chi connectivity index (χ1n) is 4.59. The third-order valence-electron chi connectivity index (χ3n) is 2.02. The Hall–Kier alpha value is -0.900. The molecule has 4 heteroatoms. The van der Waals surface area contributed by atoms with E-state index in [1.807, 2.05) is 6.92 Å². The molecule has 1 rings (SSSR count). The highest BCUT2D eigenvalue weighted by molar-refractivity contribution is 9.10. The summed E-state index contributed by atoms with van der Waals surface area (Å²) < 4.78 is 19.5. The molecule has 15 heavy (non-hydrogen) atoms. The van der Waals surface area contributed by atoms with Crippen LogP contribution >= 0.6 is 15.9 Å². The van der Waals surface area contributed by atoms with Crippen LogP contribution in [0.3, 0.4) is 0 Å². The van der Waals surface area contributed by atoms with Crippen LogP contribution in [0.5, 0.6) is 5.75 Å². The van der Waals surface area contributed by atoms with E-state index in [-0.39, 0.29) is 6.29 Å². The predicted octanol–water partition coefficient (Wildman–Crippen LogP) is 3.23.